The van der Waals surface area contributed by atoms with Gasteiger partial charge in [-0.05, 0) is 25.5 Å². The molecule has 0 atom stereocenters. The molecule has 0 unspecified atom stereocenters. The van der Waals surface area contributed by atoms with Crippen molar-refractivity contribution in [1.29, 1.82) is 5.41 Å². The molecular formula is C12H20N4O2S. The summed E-state index contributed by atoms with van der Waals surface area (Å²) in [7, 11) is -1.97. The normalized spacial score (nSPS) is 12.1. The van der Waals surface area contributed by atoms with Crippen LogP contribution in [0.3, 0.4) is 0 Å². The van der Waals surface area contributed by atoms with E-state index in [2.05, 4.69) is 4.72 Å². The molecule has 0 radical (unpaired) electrons. The molecule has 0 amide bonds. The third kappa shape index (κ3) is 4.30. The minimum atomic E-state index is -3.49. The lowest BCUT2D eigenvalue weighted by Crippen LogP contribution is -2.41. The third-order valence-corrected chi connectivity index (χ3v) is 4.49. The molecule has 106 valence electrons. The highest BCUT2D eigenvalue weighted by molar-refractivity contribution is 7.87. The highest BCUT2D eigenvalue weighted by Crippen LogP contribution is 2.06. The van der Waals surface area contributed by atoms with E-state index in [0.29, 0.717) is 5.56 Å². The smallest absolute Gasteiger partial charge is 0.279 e. The molecule has 0 spiro atoms. The maximum atomic E-state index is 11.9. The molecule has 1 aromatic carbocycles. The van der Waals surface area contributed by atoms with Gasteiger partial charge in [0.15, 0.2) is 0 Å². The van der Waals surface area contributed by atoms with Gasteiger partial charge in [0, 0.05) is 25.2 Å². The predicted octanol–water partition coefficient (Wildman–Crippen LogP) is 0.645. The van der Waals surface area contributed by atoms with Gasteiger partial charge in [0.2, 0.25) is 0 Å². The lowest BCUT2D eigenvalue weighted by Gasteiger charge is -2.21. The second-order valence-corrected chi connectivity index (χ2v) is 6.36. The Morgan fingerprint density at radius 3 is 2.63 bits per heavy atom. The average Bonchev–Trinajstić information content (AvgIpc) is 2.35. The molecule has 0 bridgehead atoms. The van der Waals surface area contributed by atoms with Gasteiger partial charge in [0.05, 0.1) is 0 Å². The van der Waals surface area contributed by atoms with Crippen LogP contribution in [-0.4, -0.2) is 31.6 Å². The molecule has 4 N–H and O–H groups in total. The molecule has 0 heterocycles. The first kappa shape index (κ1) is 15.6. The zero-order valence-electron chi connectivity index (χ0n) is 11.3. The van der Waals surface area contributed by atoms with Crippen molar-refractivity contribution in [2.24, 2.45) is 5.73 Å². The fraction of sp³-hybridized carbons (Fsp3) is 0.417. The maximum absolute atomic E-state index is 11.9. The summed E-state index contributed by atoms with van der Waals surface area (Å²) in [4.78, 5) is 0. The first-order valence-corrected chi connectivity index (χ1v) is 7.34. The second-order valence-electron chi connectivity index (χ2n) is 4.55. The van der Waals surface area contributed by atoms with Crippen LogP contribution in [0.5, 0.6) is 0 Å². The molecular weight excluding hydrogens is 264 g/mol. The largest absolute Gasteiger partial charge is 0.384 e. The molecule has 6 nitrogen and oxygen atoms in total. The second kappa shape index (κ2) is 6.14. The number of hydrogen-bond acceptors (Lipinski definition) is 3. The van der Waals surface area contributed by atoms with E-state index >= 15 is 0 Å². The van der Waals surface area contributed by atoms with E-state index in [-0.39, 0.29) is 18.4 Å². The van der Waals surface area contributed by atoms with Gasteiger partial charge in [-0.15, -0.1) is 0 Å². The van der Waals surface area contributed by atoms with E-state index < -0.39 is 10.2 Å². The summed E-state index contributed by atoms with van der Waals surface area (Å²) < 4.78 is 27.6. The van der Waals surface area contributed by atoms with Gasteiger partial charge in [-0.3, -0.25) is 5.41 Å². The summed E-state index contributed by atoms with van der Waals surface area (Å²) in [5, 5.41) is 7.34. The van der Waals surface area contributed by atoms with E-state index in [1.54, 1.807) is 38.1 Å². The van der Waals surface area contributed by atoms with Crippen LogP contribution in [0, 0.1) is 5.41 Å². The molecule has 1 rings (SSSR count). The van der Waals surface area contributed by atoms with Gasteiger partial charge in [0.25, 0.3) is 10.2 Å². The lowest BCUT2D eigenvalue weighted by molar-refractivity contribution is 0.402. The summed E-state index contributed by atoms with van der Waals surface area (Å²) in [5.74, 6) is -0.0380. The zero-order valence-corrected chi connectivity index (χ0v) is 12.2. The van der Waals surface area contributed by atoms with Crippen LogP contribution >= 0.6 is 0 Å². The van der Waals surface area contributed by atoms with Crippen LogP contribution in [0.1, 0.15) is 25.0 Å². The molecule has 0 saturated heterocycles. The number of amidine groups is 1. The molecule has 0 aliphatic rings. The fourth-order valence-corrected chi connectivity index (χ4v) is 2.51. The number of nitrogen functional groups attached to an aromatic ring is 1. The summed E-state index contributed by atoms with van der Waals surface area (Å²) in [6.45, 7) is 3.77. The highest BCUT2D eigenvalue weighted by Gasteiger charge is 2.19. The quantitative estimate of drug-likeness (QED) is 0.528. The Kier molecular flexibility index (Phi) is 5.04. The van der Waals surface area contributed by atoms with Crippen molar-refractivity contribution in [2.45, 2.75) is 26.4 Å². The minimum absolute atomic E-state index is 0.0380. The minimum Gasteiger partial charge on any atom is -0.384 e. The predicted molar refractivity (Wildman–Crippen MR) is 76.1 cm³/mol. The maximum Gasteiger partial charge on any atom is 0.279 e. The van der Waals surface area contributed by atoms with Gasteiger partial charge < -0.3 is 5.73 Å². The standard InChI is InChI=1S/C12H20N4O2S/c1-9(2)16(3)19(17,18)15-8-10-5-4-6-11(7-10)12(13)14/h4-7,9,15H,8H2,1-3H3,(H3,13,14). The lowest BCUT2D eigenvalue weighted by atomic mass is 10.1. The summed E-state index contributed by atoms with van der Waals surface area (Å²) in [5.41, 5.74) is 6.72. The van der Waals surface area contributed by atoms with Crippen molar-refractivity contribution in [3.05, 3.63) is 35.4 Å². The van der Waals surface area contributed by atoms with Crippen molar-refractivity contribution in [1.82, 2.24) is 9.03 Å². The van der Waals surface area contributed by atoms with E-state index in [1.165, 1.54) is 11.4 Å². The fourth-order valence-electron chi connectivity index (χ4n) is 1.40. The SMILES string of the molecule is CC(C)N(C)S(=O)(=O)NCc1cccc(C(=N)N)c1. The number of nitrogens with zero attached hydrogens (tertiary/aromatic N) is 1. The first-order chi connectivity index (χ1) is 8.74. The van der Waals surface area contributed by atoms with E-state index in [1.807, 2.05) is 0 Å². The van der Waals surface area contributed by atoms with Gasteiger partial charge in [-0.25, -0.2) is 0 Å². The van der Waals surface area contributed by atoms with Crippen molar-refractivity contribution in [3.8, 4) is 0 Å². The number of benzene rings is 1. The number of nitrogens with two attached hydrogens (primary N) is 1. The molecule has 7 heteroatoms. The molecule has 19 heavy (non-hydrogen) atoms. The highest BCUT2D eigenvalue weighted by atomic mass is 32.2. The van der Waals surface area contributed by atoms with Gasteiger partial charge >= 0.3 is 0 Å². The number of rotatable bonds is 6. The molecule has 1 aromatic rings. The van der Waals surface area contributed by atoms with E-state index in [9.17, 15) is 8.42 Å². The zero-order chi connectivity index (χ0) is 14.6. The van der Waals surface area contributed by atoms with Crippen LogP contribution in [0.25, 0.3) is 0 Å². The Bertz CT molecular complexity index is 555. The Balaban J connectivity index is 2.77. The Morgan fingerprint density at radius 1 is 1.47 bits per heavy atom. The van der Waals surface area contributed by atoms with Crippen molar-refractivity contribution in [2.75, 3.05) is 7.05 Å². The van der Waals surface area contributed by atoms with Gasteiger partial charge in [0.1, 0.15) is 5.84 Å². The summed E-state index contributed by atoms with van der Waals surface area (Å²) in [6.07, 6.45) is 0. The Morgan fingerprint density at radius 2 is 2.11 bits per heavy atom. The van der Waals surface area contributed by atoms with Crippen molar-refractivity contribution in [3.63, 3.8) is 0 Å². The topological polar surface area (TPSA) is 99.3 Å². The number of hydrogen-bond donors (Lipinski definition) is 3. The summed E-state index contributed by atoms with van der Waals surface area (Å²) in [6, 6.07) is 6.82. The molecule has 0 aliphatic carbocycles. The summed E-state index contributed by atoms with van der Waals surface area (Å²) >= 11 is 0. The van der Waals surface area contributed by atoms with Crippen LogP contribution in [0.2, 0.25) is 0 Å². The van der Waals surface area contributed by atoms with Crippen LogP contribution < -0.4 is 10.5 Å². The van der Waals surface area contributed by atoms with Crippen LogP contribution in [-0.2, 0) is 16.8 Å². The monoisotopic (exact) mass is 284 g/mol. The van der Waals surface area contributed by atoms with Crippen molar-refractivity contribution < 1.29 is 8.42 Å². The number of nitrogens with one attached hydrogen (secondary N) is 2. The Hall–Kier alpha value is -1.44. The third-order valence-electron chi connectivity index (χ3n) is 2.80. The molecule has 0 fully saturated rings. The van der Waals surface area contributed by atoms with Gasteiger partial charge in [-0.1, -0.05) is 18.2 Å². The molecule has 0 saturated carbocycles. The van der Waals surface area contributed by atoms with E-state index in [4.69, 9.17) is 11.1 Å². The Labute approximate surface area is 114 Å². The van der Waals surface area contributed by atoms with Crippen LogP contribution in [0.15, 0.2) is 24.3 Å². The van der Waals surface area contributed by atoms with E-state index in [0.717, 1.165) is 5.56 Å². The van der Waals surface area contributed by atoms with Crippen LogP contribution in [0.4, 0.5) is 0 Å². The molecule has 0 aliphatic heterocycles. The van der Waals surface area contributed by atoms with Crippen molar-refractivity contribution >= 4 is 16.0 Å². The average molecular weight is 284 g/mol. The first-order valence-electron chi connectivity index (χ1n) is 5.90. The molecule has 0 aromatic heterocycles. The van der Waals surface area contributed by atoms with Gasteiger partial charge in [-0.2, -0.15) is 17.4 Å².